The topological polar surface area (TPSA) is 96.9 Å². The molecule has 1 fully saturated rings. The summed E-state index contributed by atoms with van der Waals surface area (Å²) in [6, 6.07) is 8.17. The molecule has 0 saturated carbocycles. The lowest BCUT2D eigenvalue weighted by Crippen LogP contribution is -2.49. The predicted molar refractivity (Wildman–Crippen MR) is 98.8 cm³/mol. The molecule has 0 aliphatic carbocycles. The first kappa shape index (κ1) is 19.9. The van der Waals surface area contributed by atoms with Gasteiger partial charge in [0.15, 0.2) is 11.5 Å². The minimum atomic E-state index is -1.52. The molecule has 0 radical (unpaired) electrons. The molecule has 2 aromatic rings. The van der Waals surface area contributed by atoms with E-state index in [1.54, 1.807) is 6.07 Å². The number of halogens is 2. The second-order valence-electron chi connectivity index (χ2n) is 6.41. The molecule has 1 saturated heterocycles. The van der Waals surface area contributed by atoms with E-state index in [1.807, 2.05) is 0 Å². The van der Waals surface area contributed by atoms with E-state index >= 15 is 0 Å². The molecular formula is C19H18ClFN2O5. The van der Waals surface area contributed by atoms with Crippen LogP contribution in [0.25, 0.3) is 0 Å². The Morgan fingerprint density at radius 1 is 1.25 bits per heavy atom. The van der Waals surface area contributed by atoms with E-state index in [9.17, 15) is 19.1 Å². The minimum absolute atomic E-state index is 0.125. The highest BCUT2D eigenvalue weighted by Gasteiger charge is 2.48. The molecule has 3 N–H and O–H groups in total. The Morgan fingerprint density at radius 2 is 2.00 bits per heavy atom. The number of ether oxygens (including phenoxy) is 2. The Hall–Kier alpha value is -2.84. The van der Waals surface area contributed by atoms with Crippen molar-refractivity contribution < 1.29 is 28.6 Å². The first-order valence-corrected chi connectivity index (χ1v) is 8.69. The van der Waals surface area contributed by atoms with Crippen LogP contribution in [0.2, 0.25) is 5.02 Å². The first-order chi connectivity index (χ1) is 13.3. The second kappa shape index (κ2) is 7.65. The Labute approximate surface area is 165 Å². The summed E-state index contributed by atoms with van der Waals surface area (Å²) >= 11 is 5.99. The Balaban J connectivity index is 1.83. The highest BCUT2D eigenvalue weighted by atomic mass is 35.5. The lowest BCUT2D eigenvalue weighted by molar-refractivity contribution is -0.127. The lowest BCUT2D eigenvalue weighted by Gasteiger charge is -2.27. The van der Waals surface area contributed by atoms with Crippen molar-refractivity contribution in [2.24, 2.45) is 0 Å². The summed E-state index contributed by atoms with van der Waals surface area (Å²) in [5.41, 5.74) is -0.994. The molecule has 2 aromatic carbocycles. The summed E-state index contributed by atoms with van der Waals surface area (Å²) in [5.74, 6) is -0.576. The van der Waals surface area contributed by atoms with Crippen molar-refractivity contribution in [2.45, 2.75) is 25.2 Å². The van der Waals surface area contributed by atoms with Crippen LogP contribution in [-0.4, -0.2) is 29.7 Å². The van der Waals surface area contributed by atoms with E-state index in [0.717, 1.165) is 0 Å². The van der Waals surface area contributed by atoms with Gasteiger partial charge in [0, 0.05) is 5.56 Å². The molecule has 9 heteroatoms. The number of imide groups is 1. The van der Waals surface area contributed by atoms with Gasteiger partial charge in [-0.05, 0) is 36.8 Å². The van der Waals surface area contributed by atoms with Gasteiger partial charge in [-0.3, -0.25) is 10.1 Å². The fraction of sp³-hybridized carbons (Fsp3) is 0.263. The molecule has 1 heterocycles. The zero-order valence-electron chi connectivity index (χ0n) is 15.1. The molecule has 0 aromatic heterocycles. The number of nitrogens with one attached hydrogen (secondary N) is 2. The smallest absolute Gasteiger partial charge is 0.322 e. The fourth-order valence-electron chi connectivity index (χ4n) is 2.88. The molecule has 3 rings (SSSR count). The molecule has 28 heavy (non-hydrogen) atoms. The van der Waals surface area contributed by atoms with Crippen molar-refractivity contribution in [3.63, 3.8) is 0 Å². The van der Waals surface area contributed by atoms with Gasteiger partial charge in [0.25, 0.3) is 5.91 Å². The van der Waals surface area contributed by atoms with Crippen molar-refractivity contribution in [2.75, 3.05) is 7.11 Å². The lowest BCUT2D eigenvalue weighted by atomic mass is 9.89. The van der Waals surface area contributed by atoms with Crippen LogP contribution in [0.3, 0.4) is 0 Å². The molecule has 2 atom stereocenters. The van der Waals surface area contributed by atoms with Gasteiger partial charge in [-0.25, -0.2) is 9.18 Å². The number of carbonyl (C=O) groups excluding carboxylic acids is 2. The molecule has 1 aliphatic rings. The van der Waals surface area contributed by atoms with Gasteiger partial charge in [0.2, 0.25) is 0 Å². The zero-order chi connectivity index (χ0) is 20.5. The SMILES string of the molecule is COc1cc(C(O)C2(C)NC(=O)NC2=O)ccc1OCc1c(F)cccc1Cl. The number of aliphatic hydroxyl groups excluding tert-OH is 1. The van der Waals surface area contributed by atoms with E-state index in [0.29, 0.717) is 11.3 Å². The molecule has 7 nitrogen and oxygen atoms in total. The number of methoxy groups -OCH3 is 1. The third-order valence-electron chi connectivity index (χ3n) is 4.56. The second-order valence-corrected chi connectivity index (χ2v) is 6.82. The van der Waals surface area contributed by atoms with Crippen LogP contribution in [0.4, 0.5) is 9.18 Å². The Kier molecular flexibility index (Phi) is 5.44. The summed E-state index contributed by atoms with van der Waals surface area (Å²) in [6.07, 6.45) is -1.33. The molecule has 0 spiro atoms. The van der Waals surface area contributed by atoms with Crippen molar-refractivity contribution >= 4 is 23.5 Å². The third kappa shape index (κ3) is 3.61. The van der Waals surface area contributed by atoms with Gasteiger partial charge in [-0.15, -0.1) is 0 Å². The van der Waals surface area contributed by atoms with Crippen LogP contribution in [0.1, 0.15) is 24.2 Å². The number of urea groups is 1. The predicted octanol–water partition coefficient (Wildman–Crippen LogP) is 2.70. The molecule has 148 valence electrons. The van der Waals surface area contributed by atoms with Crippen molar-refractivity contribution in [1.29, 1.82) is 0 Å². The van der Waals surface area contributed by atoms with Gasteiger partial charge in [-0.1, -0.05) is 23.7 Å². The van der Waals surface area contributed by atoms with E-state index in [2.05, 4.69) is 10.6 Å². The normalized spacial score (nSPS) is 19.8. The monoisotopic (exact) mass is 408 g/mol. The summed E-state index contributed by atoms with van der Waals surface area (Å²) in [4.78, 5) is 23.4. The van der Waals surface area contributed by atoms with Crippen LogP contribution in [0.5, 0.6) is 11.5 Å². The Morgan fingerprint density at radius 3 is 2.61 bits per heavy atom. The van der Waals surface area contributed by atoms with E-state index in [4.69, 9.17) is 21.1 Å². The number of amides is 3. The van der Waals surface area contributed by atoms with E-state index < -0.39 is 29.4 Å². The number of rotatable bonds is 6. The summed E-state index contributed by atoms with van der Waals surface area (Å²) in [6.45, 7) is 1.29. The molecule has 0 bridgehead atoms. The van der Waals surface area contributed by atoms with Crippen LogP contribution in [-0.2, 0) is 11.4 Å². The number of carbonyl (C=O) groups is 2. The quantitative estimate of drug-likeness (QED) is 0.638. The highest BCUT2D eigenvalue weighted by Crippen LogP contribution is 2.35. The van der Waals surface area contributed by atoms with Crippen LogP contribution in [0.15, 0.2) is 36.4 Å². The molecule has 1 aliphatic heterocycles. The molecule has 3 amide bonds. The Bertz CT molecular complexity index is 918. The van der Waals surface area contributed by atoms with Crippen LogP contribution < -0.4 is 20.1 Å². The van der Waals surface area contributed by atoms with Gasteiger partial charge < -0.3 is 19.9 Å². The fourth-order valence-corrected chi connectivity index (χ4v) is 3.09. The number of hydrogen-bond acceptors (Lipinski definition) is 5. The van der Waals surface area contributed by atoms with E-state index in [1.165, 1.54) is 44.4 Å². The van der Waals surface area contributed by atoms with Gasteiger partial charge in [-0.2, -0.15) is 0 Å². The number of benzene rings is 2. The number of hydrogen-bond donors (Lipinski definition) is 3. The van der Waals surface area contributed by atoms with E-state index in [-0.39, 0.29) is 22.9 Å². The largest absolute Gasteiger partial charge is 0.493 e. The molecule has 2 unspecified atom stereocenters. The average molecular weight is 409 g/mol. The van der Waals surface area contributed by atoms with Crippen molar-refractivity contribution in [3.8, 4) is 11.5 Å². The maximum Gasteiger partial charge on any atom is 0.322 e. The highest BCUT2D eigenvalue weighted by molar-refractivity contribution is 6.31. The first-order valence-electron chi connectivity index (χ1n) is 8.31. The van der Waals surface area contributed by atoms with Gasteiger partial charge >= 0.3 is 6.03 Å². The third-order valence-corrected chi connectivity index (χ3v) is 4.91. The maximum atomic E-state index is 13.9. The van der Waals surface area contributed by atoms with Crippen LogP contribution in [0, 0.1) is 5.82 Å². The summed E-state index contributed by atoms with van der Waals surface area (Å²) in [5, 5.41) is 15.4. The summed E-state index contributed by atoms with van der Waals surface area (Å²) < 4.78 is 24.8. The summed E-state index contributed by atoms with van der Waals surface area (Å²) in [7, 11) is 1.40. The maximum absolute atomic E-state index is 13.9. The average Bonchev–Trinajstić information content (AvgIpc) is 2.93. The van der Waals surface area contributed by atoms with Gasteiger partial charge in [0.1, 0.15) is 24.1 Å². The number of aliphatic hydroxyl groups is 1. The van der Waals surface area contributed by atoms with Crippen molar-refractivity contribution in [3.05, 3.63) is 58.4 Å². The standard InChI is InChI=1S/C19H18ClFN2O5/c1-19(17(25)22-18(26)23-19)16(24)10-6-7-14(15(8-10)27-2)28-9-11-12(20)4-3-5-13(11)21/h3-8,16,24H,9H2,1-2H3,(H2,22,23,25,26). The van der Waals surface area contributed by atoms with Crippen LogP contribution >= 0.6 is 11.6 Å². The minimum Gasteiger partial charge on any atom is -0.493 e. The van der Waals surface area contributed by atoms with Crippen molar-refractivity contribution in [1.82, 2.24) is 10.6 Å². The molecular weight excluding hydrogens is 391 g/mol. The van der Waals surface area contributed by atoms with Gasteiger partial charge in [0.05, 0.1) is 12.1 Å². The zero-order valence-corrected chi connectivity index (χ0v) is 15.8.